The standard InChI is InChI=1S/C24H20O4P2S4/c25-33(26,29(21-13-5-1-6-14-21)22-15-7-2-8-16-22)31-32-34(27,28)30(23-17-9-3-10-18-23)24-19-11-4-12-20-24/h1-20H. The largest absolute Gasteiger partial charge is 0.237 e. The highest BCUT2D eigenvalue weighted by atomic mass is 33.8. The third-order valence-corrected chi connectivity index (χ3v) is 26.4. The zero-order chi connectivity index (χ0) is 24.0. The van der Waals surface area contributed by atoms with Crippen molar-refractivity contribution >= 4 is 72.1 Å². The summed E-state index contributed by atoms with van der Waals surface area (Å²) in [6, 6.07) is 35.9. The molecule has 0 radical (unpaired) electrons. The predicted octanol–water partition coefficient (Wildman–Crippen LogP) is 5.12. The highest BCUT2D eigenvalue weighted by Crippen LogP contribution is 2.58. The lowest BCUT2D eigenvalue weighted by Gasteiger charge is -2.20. The van der Waals surface area contributed by atoms with Gasteiger partial charge in [-0.3, -0.25) is 0 Å². The van der Waals surface area contributed by atoms with E-state index in [1.165, 1.54) is 0 Å². The number of hydrogen-bond donors (Lipinski definition) is 0. The van der Waals surface area contributed by atoms with Gasteiger partial charge in [0.1, 0.15) is 0 Å². The number of rotatable bonds is 9. The van der Waals surface area contributed by atoms with Gasteiger partial charge in [0.15, 0.2) is 0 Å². The van der Waals surface area contributed by atoms with E-state index >= 15 is 0 Å². The van der Waals surface area contributed by atoms with Crippen LogP contribution in [0.25, 0.3) is 0 Å². The maximum absolute atomic E-state index is 13.6. The van der Waals surface area contributed by atoms with Crippen molar-refractivity contribution in [2.75, 3.05) is 0 Å². The third-order valence-electron chi connectivity index (χ3n) is 4.61. The van der Waals surface area contributed by atoms with Gasteiger partial charge in [-0.1, -0.05) is 121 Å². The molecule has 0 aliphatic heterocycles. The lowest BCUT2D eigenvalue weighted by Crippen LogP contribution is -2.17. The zero-order valence-electron chi connectivity index (χ0n) is 17.7. The molecule has 0 aromatic heterocycles. The van der Waals surface area contributed by atoms with Crippen LogP contribution in [0.4, 0.5) is 0 Å². The van der Waals surface area contributed by atoms with E-state index in [0.29, 0.717) is 40.9 Å². The minimum absolute atomic E-state index is 0.447. The van der Waals surface area contributed by atoms with Gasteiger partial charge in [0.2, 0.25) is 17.0 Å². The van der Waals surface area contributed by atoms with Crippen molar-refractivity contribution < 1.29 is 16.8 Å². The Hall–Kier alpha value is -1.66. The van der Waals surface area contributed by atoms with Gasteiger partial charge in [-0.15, -0.1) is 0 Å². The average molecular weight is 563 g/mol. The van der Waals surface area contributed by atoms with Gasteiger partial charge < -0.3 is 0 Å². The molecule has 4 rings (SSSR count). The molecule has 0 saturated carbocycles. The molecule has 0 spiro atoms. The topological polar surface area (TPSA) is 68.3 Å². The van der Waals surface area contributed by atoms with Gasteiger partial charge in [0.25, 0.3) is 0 Å². The fourth-order valence-corrected chi connectivity index (χ4v) is 28.8. The van der Waals surface area contributed by atoms with Gasteiger partial charge in [0, 0.05) is 0 Å². The first-order valence-corrected chi connectivity index (χ1v) is 20.1. The molecule has 0 heterocycles. The Morgan fingerprint density at radius 2 is 0.588 bits per heavy atom. The van der Waals surface area contributed by atoms with Crippen molar-refractivity contribution in [1.29, 1.82) is 0 Å². The Labute approximate surface area is 209 Å². The summed E-state index contributed by atoms with van der Waals surface area (Å²) in [5.74, 6) is 0. The summed E-state index contributed by atoms with van der Waals surface area (Å²) in [4.78, 5) is 0. The van der Waals surface area contributed by atoms with Crippen LogP contribution in [-0.4, -0.2) is 16.8 Å². The fourth-order valence-electron chi connectivity index (χ4n) is 3.20. The van der Waals surface area contributed by atoms with E-state index in [1.807, 2.05) is 24.3 Å². The molecule has 34 heavy (non-hydrogen) atoms. The molecule has 0 unspecified atom stereocenters. The summed E-state index contributed by atoms with van der Waals surface area (Å²) in [6.07, 6.45) is 0. The van der Waals surface area contributed by atoms with Gasteiger partial charge in [-0.05, 0) is 21.2 Å². The smallest absolute Gasteiger partial charge is 0.212 e. The Bertz CT molecular complexity index is 1230. The summed E-state index contributed by atoms with van der Waals surface area (Å²) < 4.78 is 54.4. The summed E-state index contributed by atoms with van der Waals surface area (Å²) >= 11 is 0. The molecule has 0 atom stereocenters. The van der Waals surface area contributed by atoms with E-state index in [0.717, 1.165) is 0 Å². The lowest BCUT2D eigenvalue weighted by molar-refractivity contribution is 0.621. The van der Waals surface area contributed by atoms with Gasteiger partial charge in [0.05, 0.1) is 33.9 Å². The van der Waals surface area contributed by atoms with E-state index in [9.17, 15) is 16.8 Å². The van der Waals surface area contributed by atoms with Crippen LogP contribution in [0.1, 0.15) is 0 Å². The van der Waals surface area contributed by atoms with Crippen molar-refractivity contribution in [2.45, 2.75) is 0 Å². The molecule has 174 valence electrons. The minimum Gasteiger partial charge on any atom is -0.212 e. The molecule has 0 N–H and O–H groups in total. The fraction of sp³-hybridized carbons (Fsp3) is 0. The quantitative estimate of drug-likeness (QED) is 0.208. The Balaban J connectivity index is 1.68. The third kappa shape index (κ3) is 6.12. The van der Waals surface area contributed by atoms with Crippen molar-refractivity contribution in [3.8, 4) is 0 Å². The molecule has 10 heteroatoms. The van der Waals surface area contributed by atoms with Gasteiger partial charge in [-0.2, -0.15) is 0 Å². The van der Waals surface area contributed by atoms with Gasteiger partial charge in [-0.25, -0.2) is 16.8 Å². The van der Waals surface area contributed by atoms with E-state index in [4.69, 9.17) is 0 Å². The van der Waals surface area contributed by atoms with Crippen LogP contribution in [0.15, 0.2) is 121 Å². The van der Waals surface area contributed by atoms with Crippen LogP contribution in [0, 0.1) is 0 Å². The Morgan fingerprint density at radius 3 is 0.794 bits per heavy atom. The summed E-state index contributed by atoms with van der Waals surface area (Å²) in [5, 5.41) is 2.62. The normalized spacial score (nSPS) is 12.2. The second-order valence-corrected chi connectivity index (χ2v) is 24.6. The second kappa shape index (κ2) is 11.4. The summed E-state index contributed by atoms with van der Waals surface area (Å²) in [5.41, 5.74) is 0. The van der Waals surface area contributed by atoms with E-state index in [2.05, 4.69) is 0 Å². The highest BCUT2D eigenvalue weighted by Gasteiger charge is 2.36. The lowest BCUT2D eigenvalue weighted by atomic mass is 10.4. The Morgan fingerprint density at radius 1 is 0.382 bits per heavy atom. The highest BCUT2D eigenvalue weighted by molar-refractivity contribution is 9.33. The van der Waals surface area contributed by atoms with Crippen molar-refractivity contribution in [3.05, 3.63) is 121 Å². The molecule has 4 aromatic carbocycles. The monoisotopic (exact) mass is 562 g/mol. The van der Waals surface area contributed by atoms with E-state index < -0.39 is 31.2 Å². The SMILES string of the molecule is O=S(=O)(SSS(=O)(=O)P(c1ccccc1)c1ccccc1)P(c1ccccc1)c1ccccc1. The number of benzene rings is 4. The molecule has 0 fully saturated rings. The van der Waals surface area contributed by atoms with Crippen LogP contribution in [0.2, 0.25) is 0 Å². The minimum atomic E-state index is -3.88. The molecular formula is C24H20O4P2S4. The summed E-state index contributed by atoms with van der Waals surface area (Å²) in [6.45, 7) is 0. The van der Waals surface area contributed by atoms with Crippen molar-refractivity contribution in [1.82, 2.24) is 0 Å². The first-order chi connectivity index (χ1) is 16.4. The maximum Gasteiger partial charge on any atom is 0.237 e. The van der Waals surface area contributed by atoms with Crippen LogP contribution in [0.3, 0.4) is 0 Å². The maximum atomic E-state index is 13.6. The van der Waals surface area contributed by atoms with Crippen LogP contribution in [-0.2, 0) is 17.0 Å². The molecule has 0 saturated heterocycles. The molecule has 0 bridgehead atoms. The second-order valence-electron chi connectivity index (χ2n) is 6.92. The zero-order valence-corrected chi connectivity index (χ0v) is 22.8. The van der Waals surface area contributed by atoms with E-state index in [1.54, 1.807) is 97.1 Å². The first kappa shape index (κ1) is 25.4. The van der Waals surface area contributed by atoms with Gasteiger partial charge >= 0.3 is 0 Å². The number of hydrogen-bond acceptors (Lipinski definition) is 6. The first-order valence-electron chi connectivity index (χ1n) is 10.1. The van der Waals surface area contributed by atoms with Crippen LogP contribution in [0.5, 0.6) is 0 Å². The Kier molecular flexibility index (Phi) is 8.52. The molecule has 0 aliphatic carbocycles. The molecule has 0 amide bonds. The van der Waals surface area contributed by atoms with Crippen LogP contribution >= 0.6 is 33.9 Å². The van der Waals surface area contributed by atoms with Crippen LogP contribution < -0.4 is 21.2 Å². The summed E-state index contributed by atoms with van der Waals surface area (Å²) in [7, 11) is -10.5. The van der Waals surface area contributed by atoms with Crippen molar-refractivity contribution in [3.63, 3.8) is 0 Å². The van der Waals surface area contributed by atoms with Crippen molar-refractivity contribution in [2.24, 2.45) is 0 Å². The molecule has 4 aromatic rings. The molecule has 4 nitrogen and oxygen atoms in total. The molecular weight excluding hydrogens is 542 g/mol. The predicted molar refractivity (Wildman–Crippen MR) is 151 cm³/mol. The average Bonchev–Trinajstić information content (AvgIpc) is 2.86. The van der Waals surface area contributed by atoms with E-state index in [-0.39, 0.29) is 0 Å². The molecule has 0 aliphatic rings.